The minimum Gasteiger partial charge on any atom is -0.493 e. The Kier molecular flexibility index (Phi) is 6.04. The van der Waals surface area contributed by atoms with Crippen LogP contribution in [0.2, 0.25) is 0 Å². The highest BCUT2D eigenvalue weighted by Crippen LogP contribution is 2.38. The van der Waals surface area contributed by atoms with E-state index in [4.69, 9.17) is 9.47 Å². The quantitative estimate of drug-likeness (QED) is 0.537. The molecule has 1 aliphatic heterocycles. The third kappa shape index (κ3) is 4.04. The van der Waals surface area contributed by atoms with E-state index in [0.29, 0.717) is 27.2 Å². The number of anilines is 1. The standard InChI is InChI=1S/C21H21BrN2O4/c1-4-13(2)28-19-17(22)11-14(12-18(19)27-3)10-16-20(25)23-24(21(16)26)15-8-6-5-7-9-15/h5-13H,4H2,1-3H3,(H,23,25)/b16-10-/t13-/m1/s1. The number of nitrogens with zero attached hydrogens (tertiary/aromatic N) is 1. The molecule has 2 aromatic carbocycles. The van der Waals surface area contributed by atoms with Gasteiger partial charge in [0.1, 0.15) is 5.57 Å². The van der Waals surface area contributed by atoms with E-state index in [-0.39, 0.29) is 11.7 Å². The topological polar surface area (TPSA) is 67.9 Å². The fourth-order valence-corrected chi connectivity index (χ4v) is 3.26. The molecule has 6 nitrogen and oxygen atoms in total. The van der Waals surface area contributed by atoms with Gasteiger partial charge in [-0.15, -0.1) is 0 Å². The molecule has 0 bridgehead atoms. The zero-order chi connectivity index (χ0) is 20.3. The Labute approximate surface area is 172 Å². The highest BCUT2D eigenvalue weighted by Gasteiger charge is 2.34. The molecule has 3 rings (SSSR count). The van der Waals surface area contributed by atoms with Crippen LogP contribution in [-0.2, 0) is 9.59 Å². The molecule has 1 N–H and O–H groups in total. The molecule has 1 heterocycles. The molecular weight excluding hydrogens is 424 g/mol. The number of rotatable bonds is 6. The van der Waals surface area contributed by atoms with Crippen LogP contribution >= 0.6 is 15.9 Å². The molecule has 0 aromatic heterocycles. The van der Waals surface area contributed by atoms with E-state index in [0.717, 1.165) is 6.42 Å². The lowest BCUT2D eigenvalue weighted by Gasteiger charge is -2.17. The molecule has 2 amide bonds. The van der Waals surface area contributed by atoms with Gasteiger partial charge >= 0.3 is 0 Å². The number of halogens is 1. The van der Waals surface area contributed by atoms with Crippen molar-refractivity contribution in [2.45, 2.75) is 26.4 Å². The van der Waals surface area contributed by atoms with Crippen LogP contribution in [0.3, 0.4) is 0 Å². The van der Waals surface area contributed by atoms with E-state index in [1.807, 2.05) is 19.9 Å². The molecular formula is C21H21BrN2O4. The lowest BCUT2D eigenvalue weighted by atomic mass is 10.1. The normalized spacial score (nSPS) is 16.3. The molecule has 1 saturated heterocycles. The molecule has 0 unspecified atom stereocenters. The maximum absolute atomic E-state index is 12.7. The Balaban J connectivity index is 1.93. The summed E-state index contributed by atoms with van der Waals surface area (Å²) in [6.07, 6.45) is 2.42. The molecule has 1 atom stereocenters. The maximum Gasteiger partial charge on any atom is 0.282 e. The Bertz CT molecular complexity index is 928. The van der Waals surface area contributed by atoms with Gasteiger partial charge in [-0.05, 0) is 65.2 Å². The minimum atomic E-state index is -0.455. The summed E-state index contributed by atoms with van der Waals surface area (Å²) in [5.41, 5.74) is 3.88. The van der Waals surface area contributed by atoms with Gasteiger partial charge in [0.25, 0.3) is 11.8 Å². The first-order chi connectivity index (χ1) is 13.4. The van der Waals surface area contributed by atoms with Crippen LogP contribution in [-0.4, -0.2) is 25.0 Å². The second kappa shape index (κ2) is 8.48. The molecule has 0 saturated carbocycles. The van der Waals surface area contributed by atoms with Crippen LogP contribution in [0.1, 0.15) is 25.8 Å². The average Bonchev–Trinajstić information content (AvgIpc) is 2.98. The van der Waals surface area contributed by atoms with E-state index < -0.39 is 11.8 Å². The molecule has 1 fully saturated rings. The minimum absolute atomic E-state index is 0.0241. The van der Waals surface area contributed by atoms with Crippen LogP contribution in [0, 0.1) is 0 Å². The van der Waals surface area contributed by atoms with Crippen molar-refractivity contribution >= 4 is 39.5 Å². The van der Waals surface area contributed by atoms with E-state index in [1.54, 1.807) is 49.6 Å². The number of carbonyl (C=O) groups is 2. The third-order valence-corrected chi connectivity index (χ3v) is 4.95. The number of para-hydroxylation sites is 1. The second-order valence-corrected chi connectivity index (χ2v) is 7.20. The van der Waals surface area contributed by atoms with E-state index in [1.165, 1.54) is 5.01 Å². The highest BCUT2D eigenvalue weighted by atomic mass is 79.9. The average molecular weight is 445 g/mol. The number of carbonyl (C=O) groups excluding carboxylic acids is 2. The molecule has 0 spiro atoms. The summed E-state index contributed by atoms with van der Waals surface area (Å²) in [5, 5.41) is 1.24. The monoisotopic (exact) mass is 444 g/mol. The molecule has 7 heteroatoms. The van der Waals surface area contributed by atoms with Crippen molar-refractivity contribution in [2.75, 3.05) is 12.1 Å². The third-order valence-electron chi connectivity index (χ3n) is 4.36. The Morgan fingerprint density at radius 1 is 1.21 bits per heavy atom. The largest absolute Gasteiger partial charge is 0.493 e. The van der Waals surface area contributed by atoms with Crippen LogP contribution in [0.15, 0.2) is 52.5 Å². The zero-order valence-electron chi connectivity index (χ0n) is 15.9. The first kappa shape index (κ1) is 19.9. The number of nitrogens with one attached hydrogen (secondary N) is 1. The summed E-state index contributed by atoms with van der Waals surface area (Å²) in [6, 6.07) is 12.5. The van der Waals surface area contributed by atoms with Crippen LogP contribution in [0.25, 0.3) is 6.08 Å². The second-order valence-electron chi connectivity index (χ2n) is 6.35. The fraction of sp³-hybridized carbons (Fsp3) is 0.238. The number of amides is 2. The van der Waals surface area contributed by atoms with Gasteiger partial charge in [0, 0.05) is 0 Å². The SMILES string of the molecule is CC[C@@H](C)Oc1c(Br)cc(/C=C2/C(=O)NN(c3ccccc3)C2=O)cc1OC. The Morgan fingerprint density at radius 2 is 1.93 bits per heavy atom. The highest BCUT2D eigenvalue weighted by molar-refractivity contribution is 9.10. The number of hydrogen-bond donors (Lipinski definition) is 1. The smallest absolute Gasteiger partial charge is 0.282 e. The Morgan fingerprint density at radius 3 is 2.57 bits per heavy atom. The molecule has 28 heavy (non-hydrogen) atoms. The van der Waals surface area contributed by atoms with E-state index >= 15 is 0 Å². The van der Waals surface area contributed by atoms with Crippen LogP contribution in [0.5, 0.6) is 11.5 Å². The van der Waals surface area contributed by atoms with E-state index in [9.17, 15) is 9.59 Å². The van der Waals surface area contributed by atoms with Crippen molar-refractivity contribution in [3.8, 4) is 11.5 Å². The Hall–Kier alpha value is -2.80. The van der Waals surface area contributed by atoms with Crippen molar-refractivity contribution < 1.29 is 19.1 Å². The van der Waals surface area contributed by atoms with Gasteiger partial charge < -0.3 is 9.47 Å². The number of ether oxygens (including phenoxy) is 2. The number of benzene rings is 2. The lowest BCUT2D eigenvalue weighted by molar-refractivity contribution is -0.117. The molecule has 1 aliphatic rings. The van der Waals surface area contributed by atoms with Crippen molar-refractivity contribution in [1.29, 1.82) is 0 Å². The van der Waals surface area contributed by atoms with Gasteiger partial charge in [-0.1, -0.05) is 25.1 Å². The maximum atomic E-state index is 12.7. The molecule has 146 valence electrons. The summed E-state index contributed by atoms with van der Waals surface area (Å²) in [6.45, 7) is 4.01. The van der Waals surface area contributed by atoms with Gasteiger partial charge in [0.05, 0.1) is 23.4 Å². The molecule has 2 aromatic rings. The van der Waals surface area contributed by atoms with Crippen molar-refractivity contribution in [3.05, 3.63) is 58.1 Å². The number of hydrogen-bond acceptors (Lipinski definition) is 4. The zero-order valence-corrected chi connectivity index (χ0v) is 17.4. The van der Waals surface area contributed by atoms with Gasteiger partial charge in [0.15, 0.2) is 11.5 Å². The van der Waals surface area contributed by atoms with Crippen molar-refractivity contribution in [3.63, 3.8) is 0 Å². The predicted octanol–water partition coefficient (Wildman–Crippen LogP) is 4.10. The molecule has 0 radical (unpaired) electrons. The van der Waals surface area contributed by atoms with Crippen molar-refractivity contribution in [1.82, 2.24) is 5.43 Å². The molecule has 0 aliphatic carbocycles. The van der Waals surface area contributed by atoms with Crippen LogP contribution < -0.4 is 19.9 Å². The van der Waals surface area contributed by atoms with Gasteiger partial charge in [0.2, 0.25) is 0 Å². The number of methoxy groups -OCH3 is 1. The van der Waals surface area contributed by atoms with Gasteiger partial charge in [-0.25, -0.2) is 5.01 Å². The number of hydrazine groups is 1. The summed E-state index contributed by atoms with van der Waals surface area (Å²) >= 11 is 3.49. The summed E-state index contributed by atoms with van der Waals surface area (Å²) in [4.78, 5) is 25.1. The summed E-state index contributed by atoms with van der Waals surface area (Å²) < 4.78 is 12.0. The first-order valence-electron chi connectivity index (χ1n) is 8.91. The van der Waals surface area contributed by atoms with Crippen molar-refractivity contribution in [2.24, 2.45) is 0 Å². The summed E-state index contributed by atoms with van der Waals surface area (Å²) in [5.74, 6) is 0.245. The predicted molar refractivity (Wildman–Crippen MR) is 111 cm³/mol. The van der Waals surface area contributed by atoms with Crippen LogP contribution in [0.4, 0.5) is 5.69 Å². The summed E-state index contributed by atoms with van der Waals surface area (Å²) in [7, 11) is 1.55. The first-order valence-corrected chi connectivity index (χ1v) is 9.70. The van der Waals surface area contributed by atoms with Gasteiger partial charge in [-0.3, -0.25) is 15.0 Å². The van der Waals surface area contributed by atoms with Gasteiger partial charge in [-0.2, -0.15) is 0 Å². The lowest BCUT2D eigenvalue weighted by Crippen LogP contribution is -2.35. The van der Waals surface area contributed by atoms with E-state index in [2.05, 4.69) is 21.4 Å². The fourth-order valence-electron chi connectivity index (χ4n) is 2.70.